The van der Waals surface area contributed by atoms with Gasteiger partial charge in [0.25, 0.3) is 5.91 Å². The summed E-state index contributed by atoms with van der Waals surface area (Å²) < 4.78 is 6.73. The number of nitrogens with two attached hydrogens (primary N) is 2. The number of rotatable bonds is 6. The summed E-state index contributed by atoms with van der Waals surface area (Å²) in [4.78, 5) is 15.8. The molecular weight excluding hydrogens is 308 g/mol. The second kappa shape index (κ2) is 7.30. The number of hydrazine groups is 1. The Labute approximate surface area is 130 Å². The molecule has 112 valence electrons. The van der Waals surface area contributed by atoms with Gasteiger partial charge in [-0.05, 0) is 19.1 Å². The van der Waals surface area contributed by atoms with Crippen LogP contribution in [0.3, 0.4) is 0 Å². The fourth-order valence-corrected chi connectivity index (χ4v) is 3.59. The van der Waals surface area contributed by atoms with Crippen LogP contribution in [0.25, 0.3) is 0 Å². The molecular formula is C13H16N4O2S2. The van der Waals surface area contributed by atoms with E-state index >= 15 is 0 Å². The van der Waals surface area contributed by atoms with Crippen molar-refractivity contribution in [2.45, 2.75) is 11.1 Å². The highest BCUT2D eigenvalue weighted by Crippen LogP contribution is 2.30. The molecule has 0 atom stereocenters. The van der Waals surface area contributed by atoms with Gasteiger partial charge in [-0.25, -0.2) is 10.8 Å². The van der Waals surface area contributed by atoms with Gasteiger partial charge in [0.1, 0.15) is 5.75 Å². The molecule has 0 aliphatic rings. The Hall–Kier alpha value is -1.77. The number of benzene rings is 1. The molecule has 2 rings (SSSR count). The van der Waals surface area contributed by atoms with Gasteiger partial charge in [-0.3, -0.25) is 10.2 Å². The van der Waals surface area contributed by atoms with Gasteiger partial charge in [-0.1, -0.05) is 23.5 Å². The topological polar surface area (TPSA) is 103 Å². The summed E-state index contributed by atoms with van der Waals surface area (Å²) >= 11 is 3.10. The molecule has 0 aliphatic carbocycles. The van der Waals surface area contributed by atoms with Crippen molar-refractivity contribution < 1.29 is 9.53 Å². The van der Waals surface area contributed by atoms with Crippen LogP contribution >= 0.6 is 23.1 Å². The van der Waals surface area contributed by atoms with Gasteiger partial charge in [-0.2, -0.15) is 0 Å². The molecule has 1 aromatic heterocycles. The fraction of sp³-hybridized carbons (Fsp3) is 0.231. The maximum Gasteiger partial charge on any atom is 0.268 e. The first-order valence-corrected chi connectivity index (χ1v) is 8.00. The molecule has 0 aliphatic heterocycles. The summed E-state index contributed by atoms with van der Waals surface area (Å²) in [6, 6.07) is 6.98. The maximum absolute atomic E-state index is 11.6. The van der Waals surface area contributed by atoms with Crippen LogP contribution in [0.5, 0.6) is 5.75 Å². The molecule has 0 unspecified atom stereocenters. The number of thiazole rings is 1. The average molecular weight is 324 g/mol. The van der Waals surface area contributed by atoms with Crippen LogP contribution in [0.4, 0.5) is 5.13 Å². The summed E-state index contributed by atoms with van der Waals surface area (Å²) in [6.45, 7) is 2.40. The number of hydrogen-bond acceptors (Lipinski definition) is 7. The Morgan fingerprint density at radius 3 is 2.90 bits per heavy atom. The highest BCUT2D eigenvalue weighted by molar-refractivity contribution is 8.01. The maximum atomic E-state index is 11.6. The standard InChI is InChI=1S/C13H16N4O2S2/c1-8-12(21-13(14)16-8)20-7-6-19-10-5-3-2-4-9(10)11(18)17-15/h2-5H,6-7,15H2,1H3,(H2,14,16)(H,17,18). The molecule has 0 radical (unpaired) electrons. The number of amides is 1. The van der Waals surface area contributed by atoms with Gasteiger partial charge in [0.2, 0.25) is 0 Å². The van der Waals surface area contributed by atoms with Crippen LogP contribution in [-0.4, -0.2) is 23.3 Å². The summed E-state index contributed by atoms with van der Waals surface area (Å²) in [7, 11) is 0. The molecule has 6 nitrogen and oxygen atoms in total. The van der Waals surface area contributed by atoms with E-state index in [4.69, 9.17) is 16.3 Å². The number of aryl methyl sites for hydroxylation is 1. The number of aromatic nitrogens is 1. The van der Waals surface area contributed by atoms with Crippen molar-refractivity contribution in [3.05, 3.63) is 35.5 Å². The minimum atomic E-state index is -0.371. The second-order valence-corrected chi connectivity index (χ2v) is 6.49. The number of nitrogen functional groups attached to an aromatic ring is 2. The van der Waals surface area contributed by atoms with Gasteiger partial charge < -0.3 is 10.5 Å². The van der Waals surface area contributed by atoms with E-state index in [9.17, 15) is 4.79 Å². The van der Waals surface area contributed by atoms with Gasteiger partial charge in [0.15, 0.2) is 5.13 Å². The molecule has 1 amide bonds. The Kier molecular flexibility index (Phi) is 5.43. The number of anilines is 1. The highest BCUT2D eigenvalue weighted by Gasteiger charge is 2.11. The Bertz CT molecular complexity index is 630. The number of ether oxygens (including phenoxy) is 1. The minimum absolute atomic E-state index is 0.371. The lowest BCUT2D eigenvalue weighted by Crippen LogP contribution is -2.30. The van der Waals surface area contributed by atoms with Crippen LogP contribution in [0.15, 0.2) is 28.5 Å². The van der Waals surface area contributed by atoms with Gasteiger partial charge in [0.05, 0.1) is 22.1 Å². The Morgan fingerprint density at radius 1 is 1.48 bits per heavy atom. The molecule has 0 fully saturated rings. The normalized spacial score (nSPS) is 10.4. The van der Waals surface area contributed by atoms with Crippen molar-refractivity contribution in [1.29, 1.82) is 0 Å². The third kappa shape index (κ3) is 4.10. The number of carbonyl (C=O) groups is 1. The smallest absolute Gasteiger partial charge is 0.268 e. The zero-order valence-corrected chi connectivity index (χ0v) is 13.1. The van der Waals surface area contributed by atoms with E-state index in [1.807, 2.05) is 13.0 Å². The van der Waals surface area contributed by atoms with Crippen LogP contribution in [0, 0.1) is 6.92 Å². The lowest BCUT2D eigenvalue weighted by Gasteiger charge is -2.09. The lowest BCUT2D eigenvalue weighted by atomic mass is 10.2. The van der Waals surface area contributed by atoms with Crippen LogP contribution < -0.4 is 21.7 Å². The average Bonchev–Trinajstić information content (AvgIpc) is 2.81. The Balaban J connectivity index is 1.89. The molecule has 0 saturated heterocycles. The highest BCUT2D eigenvalue weighted by atomic mass is 32.2. The monoisotopic (exact) mass is 324 g/mol. The number of nitrogens with one attached hydrogen (secondary N) is 1. The van der Waals surface area contributed by atoms with E-state index in [0.717, 1.165) is 15.7 Å². The van der Waals surface area contributed by atoms with Crippen molar-refractivity contribution in [3.63, 3.8) is 0 Å². The van der Waals surface area contributed by atoms with E-state index in [0.29, 0.717) is 23.1 Å². The molecule has 1 aromatic carbocycles. The summed E-state index contributed by atoms with van der Waals surface area (Å²) in [5, 5.41) is 0.570. The number of thioether (sulfide) groups is 1. The first-order valence-electron chi connectivity index (χ1n) is 6.20. The summed E-state index contributed by atoms with van der Waals surface area (Å²) in [5.41, 5.74) is 9.11. The van der Waals surface area contributed by atoms with Crippen molar-refractivity contribution in [2.75, 3.05) is 18.1 Å². The zero-order valence-electron chi connectivity index (χ0n) is 11.5. The van der Waals surface area contributed by atoms with Gasteiger partial charge >= 0.3 is 0 Å². The largest absolute Gasteiger partial charge is 0.492 e. The molecule has 21 heavy (non-hydrogen) atoms. The predicted molar refractivity (Wildman–Crippen MR) is 85.6 cm³/mol. The van der Waals surface area contributed by atoms with Crippen LogP contribution in [0.1, 0.15) is 16.1 Å². The minimum Gasteiger partial charge on any atom is -0.492 e. The molecule has 1 heterocycles. The van der Waals surface area contributed by atoms with Gasteiger partial charge in [-0.15, -0.1) is 11.8 Å². The quantitative estimate of drug-likeness (QED) is 0.246. The SMILES string of the molecule is Cc1nc(N)sc1SCCOc1ccccc1C(=O)NN. The molecule has 8 heteroatoms. The number of carbonyl (C=O) groups excluding carboxylic acids is 1. The number of hydrogen-bond donors (Lipinski definition) is 3. The van der Waals surface area contributed by atoms with E-state index in [2.05, 4.69) is 10.4 Å². The lowest BCUT2D eigenvalue weighted by molar-refractivity contribution is 0.0950. The zero-order chi connectivity index (χ0) is 15.2. The van der Waals surface area contributed by atoms with Crippen molar-refractivity contribution in [1.82, 2.24) is 10.4 Å². The molecule has 0 spiro atoms. The molecule has 5 N–H and O–H groups in total. The van der Waals surface area contributed by atoms with Crippen LogP contribution in [-0.2, 0) is 0 Å². The third-order valence-corrected chi connectivity index (χ3v) is 4.92. The predicted octanol–water partition coefficient (Wildman–Crippen LogP) is 1.81. The first-order chi connectivity index (χ1) is 10.1. The number of nitrogens with zero attached hydrogens (tertiary/aromatic N) is 1. The van der Waals surface area contributed by atoms with Crippen LogP contribution in [0.2, 0.25) is 0 Å². The second-order valence-electron chi connectivity index (χ2n) is 4.09. The summed E-state index contributed by atoms with van der Waals surface area (Å²) in [6.07, 6.45) is 0. The summed E-state index contributed by atoms with van der Waals surface area (Å²) in [5.74, 6) is 6.03. The van der Waals surface area contributed by atoms with Crippen molar-refractivity contribution in [3.8, 4) is 5.75 Å². The van der Waals surface area contributed by atoms with Crippen molar-refractivity contribution in [2.24, 2.45) is 5.84 Å². The Morgan fingerprint density at radius 2 is 2.24 bits per heavy atom. The molecule has 0 saturated carbocycles. The van der Waals surface area contributed by atoms with Gasteiger partial charge in [0, 0.05) is 5.75 Å². The van der Waals surface area contributed by atoms with E-state index in [1.165, 1.54) is 11.3 Å². The number of para-hydroxylation sites is 1. The third-order valence-electron chi connectivity index (χ3n) is 2.61. The van der Waals surface area contributed by atoms with E-state index < -0.39 is 0 Å². The molecule has 0 bridgehead atoms. The van der Waals surface area contributed by atoms with E-state index in [-0.39, 0.29) is 5.91 Å². The fourth-order valence-electron chi connectivity index (χ4n) is 1.68. The van der Waals surface area contributed by atoms with E-state index in [1.54, 1.807) is 30.0 Å². The first kappa shape index (κ1) is 15.6. The molecule has 2 aromatic rings. The van der Waals surface area contributed by atoms with Crippen molar-refractivity contribution >= 4 is 34.1 Å².